The number of benzene rings is 8. The normalized spacial score (nSPS) is 12.0. The molecule has 0 atom stereocenters. The van der Waals surface area contributed by atoms with Gasteiger partial charge >= 0.3 is 0 Å². The van der Waals surface area contributed by atoms with E-state index in [1.54, 1.807) is 14.2 Å². The van der Waals surface area contributed by atoms with Crippen LogP contribution < -0.4 is 9.47 Å². The molecule has 0 aliphatic carbocycles. The van der Waals surface area contributed by atoms with Crippen molar-refractivity contribution in [1.29, 1.82) is 0 Å². The first-order valence-electron chi connectivity index (χ1n) is 13.1. The predicted molar refractivity (Wildman–Crippen MR) is 177 cm³/mol. The molecule has 0 N–H and O–H groups in total. The van der Waals surface area contributed by atoms with Gasteiger partial charge in [0.05, 0.1) is 14.2 Å². The van der Waals surface area contributed by atoms with E-state index in [0.717, 1.165) is 42.0 Å². The Morgan fingerprint density at radius 2 is 0.625 bits per heavy atom. The molecule has 2 nitrogen and oxygen atoms in total. The summed E-state index contributed by atoms with van der Waals surface area (Å²) in [4.78, 5) is 0. The van der Waals surface area contributed by atoms with E-state index in [1.807, 2.05) is 0 Å². The van der Waals surface area contributed by atoms with Crippen LogP contribution in [0.3, 0.4) is 0 Å². The standard InChI is InChI=1S/C36H22Br2O2/c1-39-28-17-15-26(37)24-13-11-22-9-7-20-5-3-19-4-6-21-8-10-23-12-14-25-27(38)16-18-29(40-2)36(25)34(23)32(21)30(19)31(20)33(22)35(24)28/h3-18H,1-2H3. The molecule has 40 heavy (non-hydrogen) atoms. The van der Waals surface area contributed by atoms with Gasteiger partial charge in [0.15, 0.2) is 0 Å². The van der Waals surface area contributed by atoms with E-state index in [2.05, 4.69) is 129 Å². The molecule has 8 aromatic rings. The Morgan fingerprint density at radius 3 is 0.925 bits per heavy atom. The molecule has 0 fully saturated rings. The number of hydrogen-bond acceptors (Lipinski definition) is 2. The van der Waals surface area contributed by atoms with E-state index in [1.165, 1.54) is 53.9 Å². The van der Waals surface area contributed by atoms with Gasteiger partial charge in [0.2, 0.25) is 0 Å². The summed E-state index contributed by atoms with van der Waals surface area (Å²) in [5.41, 5.74) is 0. The second kappa shape index (κ2) is 8.82. The Kier molecular flexibility index (Phi) is 5.29. The van der Waals surface area contributed by atoms with Crippen molar-refractivity contribution in [2.75, 3.05) is 14.2 Å². The zero-order valence-corrected chi connectivity index (χ0v) is 25.0. The number of ether oxygens (including phenoxy) is 2. The zero-order chi connectivity index (χ0) is 27.1. The topological polar surface area (TPSA) is 18.5 Å². The van der Waals surface area contributed by atoms with Crippen molar-refractivity contribution < 1.29 is 9.47 Å². The minimum absolute atomic E-state index is 0.870. The minimum atomic E-state index is 0.870. The highest BCUT2D eigenvalue weighted by molar-refractivity contribution is 9.11. The molecule has 0 aliphatic rings. The zero-order valence-electron chi connectivity index (χ0n) is 21.8. The van der Waals surface area contributed by atoms with Crippen molar-refractivity contribution >= 4 is 107 Å². The largest absolute Gasteiger partial charge is 0.496 e. The molecule has 0 aliphatic heterocycles. The first kappa shape index (κ1) is 24.0. The van der Waals surface area contributed by atoms with Crippen LogP contribution in [0.25, 0.3) is 75.4 Å². The number of methoxy groups -OCH3 is 2. The van der Waals surface area contributed by atoms with Crippen LogP contribution in [0.5, 0.6) is 11.5 Å². The number of halogens is 2. The summed E-state index contributed by atoms with van der Waals surface area (Å²) in [6, 6.07) is 35.0. The van der Waals surface area contributed by atoms with Crippen molar-refractivity contribution in [1.82, 2.24) is 0 Å². The molecule has 0 saturated carbocycles. The van der Waals surface area contributed by atoms with Gasteiger partial charge in [0.1, 0.15) is 11.5 Å². The summed E-state index contributed by atoms with van der Waals surface area (Å²) in [6.45, 7) is 0. The number of fused-ring (bicyclic) bond motifs is 13. The molecule has 0 saturated heterocycles. The van der Waals surface area contributed by atoms with Gasteiger partial charge in [0.25, 0.3) is 0 Å². The lowest BCUT2D eigenvalue weighted by Crippen LogP contribution is -1.91. The average Bonchev–Trinajstić information content (AvgIpc) is 3.00. The maximum atomic E-state index is 5.97. The molecule has 0 heterocycles. The average molecular weight is 646 g/mol. The first-order chi connectivity index (χ1) is 19.6. The van der Waals surface area contributed by atoms with Gasteiger partial charge in [-0.3, -0.25) is 0 Å². The highest BCUT2D eigenvalue weighted by atomic mass is 79.9. The van der Waals surface area contributed by atoms with Gasteiger partial charge in [-0.15, -0.1) is 0 Å². The lowest BCUT2D eigenvalue weighted by Gasteiger charge is -2.17. The molecule has 0 bridgehead atoms. The second-order valence-electron chi connectivity index (χ2n) is 10.2. The molecular formula is C36H22Br2O2. The van der Waals surface area contributed by atoms with E-state index in [9.17, 15) is 0 Å². The molecule has 192 valence electrons. The van der Waals surface area contributed by atoms with Crippen molar-refractivity contribution in [2.45, 2.75) is 0 Å². The maximum Gasteiger partial charge on any atom is 0.127 e. The fraction of sp³-hybridized carbons (Fsp3) is 0.0556. The predicted octanol–water partition coefficient (Wildman–Crippen LogP) is 11.3. The van der Waals surface area contributed by atoms with Gasteiger partial charge in [-0.1, -0.05) is 105 Å². The Balaban J connectivity index is 1.77. The lowest BCUT2D eigenvalue weighted by molar-refractivity contribution is 0.420. The second-order valence-corrected chi connectivity index (χ2v) is 11.9. The van der Waals surface area contributed by atoms with Crippen LogP contribution in [0, 0.1) is 0 Å². The Bertz CT molecular complexity index is 2200. The number of rotatable bonds is 2. The van der Waals surface area contributed by atoms with Crippen molar-refractivity contribution in [3.8, 4) is 11.5 Å². The Labute approximate surface area is 247 Å². The van der Waals surface area contributed by atoms with E-state index in [-0.39, 0.29) is 0 Å². The van der Waals surface area contributed by atoms with Crippen molar-refractivity contribution in [2.24, 2.45) is 0 Å². The van der Waals surface area contributed by atoms with Crippen molar-refractivity contribution in [3.05, 3.63) is 106 Å². The monoisotopic (exact) mass is 644 g/mol. The highest BCUT2D eigenvalue weighted by Gasteiger charge is 2.18. The smallest absolute Gasteiger partial charge is 0.127 e. The van der Waals surface area contributed by atoms with Gasteiger partial charge in [-0.2, -0.15) is 0 Å². The third kappa shape index (κ3) is 3.21. The lowest BCUT2D eigenvalue weighted by atomic mass is 9.87. The van der Waals surface area contributed by atoms with Crippen LogP contribution in [0.4, 0.5) is 0 Å². The molecule has 8 rings (SSSR count). The molecule has 4 heteroatoms. The quantitative estimate of drug-likeness (QED) is 0.174. The van der Waals surface area contributed by atoms with Crippen LogP contribution in [0.15, 0.2) is 106 Å². The van der Waals surface area contributed by atoms with Crippen LogP contribution in [0.1, 0.15) is 0 Å². The first-order valence-corrected chi connectivity index (χ1v) is 14.7. The molecule has 0 radical (unpaired) electrons. The van der Waals surface area contributed by atoms with Crippen molar-refractivity contribution in [3.63, 3.8) is 0 Å². The summed E-state index contributed by atoms with van der Waals surface area (Å²) in [7, 11) is 3.51. The van der Waals surface area contributed by atoms with E-state index in [4.69, 9.17) is 9.47 Å². The third-order valence-electron chi connectivity index (χ3n) is 8.32. The summed E-state index contributed by atoms with van der Waals surface area (Å²) in [5.74, 6) is 1.74. The third-order valence-corrected chi connectivity index (χ3v) is 9.70. The van der Waals surface area contributed by atoms with Crippen LogP contribution in [-0.4, -0.2) is 14.2 Å². The molecule has 0 aromatic heterocycles. The van der Waals surface area contributed by atoms with Crippen LogP contribution in [-0.2, 0) is 0 Å². The SMILES string of the molecule is COc1ccc(Br)c2ccc3ccc4ccc5ccc6ccc7ccc8c(Br)ccc(OC)c8c7c6c5c4c3c12. The maximum absolute atomic E-state index is 5.97. The van der Waals surface area contributed by atoms with Crippen LogP contribution >= 0.6 is 31.9 Å². The summed E-state index contributed by atoms with van der Waals surface area (Å²) >= 11 is 7.62. The van der Waals surface area contributed by atoms with Gasteiger partial charge < -0.3 is 9.47 Å². The van der Waals surface area contributed by atoms with E-state index < -0.39 is 0 Å². The molecular weight excluding hydrogens is 624 g/mol. The summed E-state index contributed by atoms with van der Waals surface area (Å²) < 4.78 is 14.0. The van der Waals surface area contributed by atoms with Gasteiger partial charge in [-0.05, 0) is 67.4 Å². The summed E-state index contributed by atoms with van der Waals surface area (Å²) in [6.07, 6.45) is 0. The molecule has 0 spiro atoms. The minimum Gasteiger partial charge on any atom is -0.496 e. The fourth-order valence-corrected chi connectivity index (χ4v) is 7.50. The molecule has 8 aromatic carbocycles. The van der Waals surface area contributed by atoms with E-state index in [0.29, 0.717) is 0 Å². The van der Waals surface area contributed by atoms with Gasteiger partial charge in [-0.25, -0.2) is 0 Å². The summed E-state index contributed by atoms with van der Waals surface area (Å²) in [5, 5.41) is 16.6. The van der Waals surface area contributed by atoms with Crippen LogP contribution in [0.2, 0.25) is 0 Å². The molecule has 0 unspecified atom stereocenters. The fourth-order valence-electron chi connectivity index (χ4n) is 6.57. The Hall–Kier alpha value is -3.86. The highest BCUT2D eigenvalue weighted by Crippen LogP contribution is 2.47. The van der Waals surface area contributed by atoms with E-state index >= 15 is 0 Å². The van der Waals surface area contributed by atoms with Gasteiger partial charge in [0, 0.05) is 41.3 Å². The number of hydrogen-bond donors (Lipinski definition) is 0. The Morgan fingerprint density at radius 1 is 0.350 bits per heavy atom. The molecule has 0 amide bonds.